The van der Waals surface area contributed by atoms with E-state index in [9.17, 15) is 0 Å². The van der Waals surface area contributed by atoms with Crippen molar-refractivity contribution in [1.29, 1.82) is 0 Å². The maximum absolute atomic E-state index is 6.37. The quantitative estimate of drug-likeness (QED) is 0.808. The van der Waals surface area contributed by atoms with Crippen LogP contribution in [0.3, 0.4) is 0 Å². The molecule has 0 saturated heterocycles. The predicted octanol–water partition coefficient (Wildman–Crippen LogP) is 2.43. The van der Waals surface area contributed by atoms with E-state index in [1.165, 1.54) is 5.56 Å². The van der Waals surface area contributed by atoms with Gasteiger partial charge < -0.3 is 10.5 Å². The van der Waals surface area contributed by atoms with E-state index in [2.05, 4.69) is 37.8 Å². The molecule has 0 saturated carbocycles. The highest BCUT2D eigenvalue weighted by molar-refractivity contribution is 5.20. The molecule has 0 heterocycles. The van der Waals surface area contributed by atoms with Crippen molar-refractivity contribution >= 4 is 0 Å². The van der Waals surface area contributed by atoms with Crippen LogP contribution in [0.4, 0.5) is 0 Å². The second kappa shape index (κ2) is 7.52. The van der Waals surface area contributed by atoms with Gasteiger partial charge >= 0.3 is 0 Å². The molecular weight excluding hydrogens is 224 g/mol. The van der Waals surface area contributed by atoms with Crippen molar-refractivity contribution in [2.24, 2.45) is 5.73 Å². The zero-order chi connectivity index (χ0) is 13.5. The van der Waals surface area contributed by atoms with Gasteiger partial charge in [0.15, 0.2) is 0 Å². The average Bonchev–Trinajstić information content (AvgIpc) is 2.38. The molecule has 0 aliphatic rings. The molecule has 1 aromatic rings. The maximum atomic E-state index is 6.37. The van der Waals surface area contributed by atoms with E-state index < -0.39 is 0 Å². The van der Waals surface area contributed by atoms with Gasteiger partial charge in [0.2, 0.25) is 0 Å². The van der Waals surface area contributed by atoms with E-state index >= 15 is 0 Å². The summed E-state index contributed by atoms with van der Waals surface area (Å²) in [6, 6.07) is 11.1. The standard InChI is InChI=1S/C15H26N2O/c1-12(2)17(10-11-18-4)13(3)15(16)14-8-6-5-7-9-14/h5-9,12-13,15H,10-11,16H2,1-4H3. The molecule has 1 rings (SSSR count). The smallest absolute Gasteiger partial charge is 0.0589 e. The van der Waals surface area contributed by atoms with E-state index in [1.807, 2.05) is 18.2 Å². The molecule has 0 bridgehead atoms. The third-order valence-electron chi connectivity index (χ3n) is 3.44. The van der Waals surface area contributed by atoms with Gasteiger partial charge in [0.25, 0.3) is 0 Å². The predicted molar refractivity (Wildman–Crippen MR) is 76.6 cm³/mol. The Hall–Kier alpha value is -0.900. The lowest BCUT2D eigenvalue weighted by atomic mass is 9.99. The van der Waals surface area contributed by atoms with Crippen molar-refractivity contribution < 1.29 is 4.74 Å². The first-order valence-corrected chi connectivity index (χ1v) is 6.63. The number of hydrogen-bond acceptors (Lipinski definition) is 3. The molecule has 2 N–H and O–H groups in total. The van der Waals surface area contributed by atoms with Crippen molar-refractivity contribution in [3.63, 3.8) is 0 Å². The topological polar surface area (TPSA) is 38.5 Å². The molecular formula is C15H26N2O. The van der Waals surface area contributed by atoms with Gasteiger partial charge in [-0.25, -0.2) is 0 Å². The summed E-state index contributed by atoms with van der Waals surface area (Å²) in [7, 11) is 1.74. The summed E-state index contributed by atoms with van der Waals surface area (Å²) in [5.74, 6) is 0. The Morgan fingerprint density at radius 3 is 2.28 bits per heavy atom. The molecule has 18 heavy (non-hydrogen) atoms. The summed E-state index contributed by atoms with van der Waals surface area (Å²) in [5.41, 5.74) is 7.55. The van der Waals surface area contributed by atoms with E-state index in [1.54, 1.807) is 7.11 Å². The van der Waals surface area contributed by atoms with Crippen LogP contribution < -0.4 is 5.73 Å². The number of rotatable bonds is 7. The Balaban J connectivity index is 2.73. The lowest BCUT2D eigenvalue weighted by molar-refractivity contribution is 0.0914. The monoisotopic (exact) mass is 250 g/mol. The van der Waals surface area contributed by atoms with Crippen molar-refractivity contribution in [3.05, 3.63) is 35.9 Å². The normalized spacial score (nSPS) is 15.1. The fraction of sp³-hybridized carbons (Fsp3) is 0.600. The Morgan fingerprint density at radius 1 is 1.17 bits per heavy atom. The van der Waals surface area contributed by atoms with Gasteiger partial charge in [0.1, 0.15) is 0 Å². The molecule has 0 aromatic heterocycles. The summed E-state index contributed by atoms with van der Waals surface area (Å²) >= 11 is 0. The van der Waals surface area contributed by atoms with Crippen molar-refractivity contribution in [2.75, 3.05) is 20.3 Å². The summed E-state index contributed by atoms with van der Waals surface area (Å²) in [6.45, 7) is 8.24. The fourth-order valence-electron chi connectivity index (χ4n) is 2.29. The Bertz CT molecular complexity index is 327. The molecule has 0 spiro atoms. The zero-order valence-corrected chi connectivity index (χ0v) is 12.0. The molecule has 0 fully saturated rings. The van der Waals surface area contributed by atoms with Crippen molar-refractivity contribution in [2.45, 2.75) is 38.9 Å². The number of ether oxygens (including phenoxy) is 1. The van der Waals surface area contributed by atoms with Gasteiger partial charge in [-0.3, -0.25) is 4.90 Å². The zero-order valence-electron chi connectivity index (χ0n) is 12.0. The van der Waals surface area contributed by atoms with Crippen LogP contribution in [-0.4, -0.2) is 37.2 Å². The average molecular weight is 250 g/mol. The second-order valence-corrected chi connectivity index (χ2v) is 5.00. The Kier molecular flexibility index (Phi) is 6.33. The minimum atomic E-state index is 0.0328. The van der Waals surface area contributed by atoms with Crippen LogP contribution in [0.2, 0.25) is 0 Å². The number of methoxy groups -OCH3 is 1. The molecule has 0 amide bonds. The van der Waals surface area contributed by atoms with Crippen LogP contribution in [-0.2, 0) is 4.74 Å². The summed E-state index contributed by atoms with van der Waals surface area (Å²) in [4.78, 5) is 2.39. The van der Waals surface area contributed by atoms with E-state index in [4.69, 9.17) is 10.5 Å². The van der Waals surface area contributed by atoms with E-state index in [0.29, 0.717) is 12.1 Å². The highest BCUT2D eigenvalue weighted by Crippen LogP contribution is 2.19. The largest absolute Gasteiger partial charge is 0.383 e. The highest BCUT2D eigenvalue weighted by Gasteiger charge is 2.23. The van der Waals surface area contributed by atoms with Crippen LogP contribution in [0, 0.1) is 0 Å². The lowest BCUT2D eigenvalue weighted by Crippen LogP contribution is -2.46. The SMILES string of the molecule is COCCN(C(C)C)C(C)C(N)c1ccccc1. The van der Waals surface area contributed by atoms with Gasteiger partial charge in [-0.1, -0.05) is 30.3 Å². The lowest BCUT2D eigenvalue weighted by Gasteiger charge is -2.36. The molecule has 0 aliphatic carbocycles. The van der Waals surface area contributed by atoms with Crippen LogP contribution >= 0.6 is 0 Å². The van der Waals surface area contributed by atoms with Crippen molar-refractivity contribution in [1.82, 2.24) is 4.90 Å². The molecule has 0 aliphatic heterocycles. The highest BCUT2D eigenvalue weighted by atomic mass is 16.5. The van der Waals surface area contributed by atoms with E-state index in [0.717, 1.165) is 13.2 Å². The van der Waals surface area contributed by atoms with Crippen LogP contribution in [0.1, 0.15) is 32.4 Å². The third-order valence-corrected chi connectivity index (χ3v) is 3.44. The van der Waals surface area contributed by atoms with Crippen molar-refractivity contribution in [3.8, 4) is 0 Å². The summed E-state index contributed by atoms with van der Waals surface area (Å²) < 4.78 is 5.18. The summed E-state index contributed by atoms with van der Waals surface area (Å²) in [6.07, 6.45) is 0. The maximum Gasteiger partial charge on any atom is 0.0589 e. The Morgan fingerprint density at radius 2 is 1.78 bits per heavy atom. The molecule has 102 valence electrons. The van der Waals surface area contributed by atoms with Gasteiger partial charge in [0.05, 0.1) is 6.61 Å². The van der Waals surface area contributed by atoms with Gasteiger partial charge in [-0.15, -0.1) is 0 Å². The van der Waals surface area contributed by atoms with E-state index in [-0.39, 0.29) is 6.04 Å². The second-order valence-electron chi connectivity index (χ2n) is 5.00. The number of nitrogens with two attached hydrogens (primary N) is 1. The number of nitrogens with zero attached hydrogens (tertiary/aromatic N) is 1. The molecule has 3 nitrogen and oxygen atoms in total. The third kappa shape index (κ3) is 4.09. The number of hydrogen-bond donors (Lipinski definition) is 1. The first-order valence-electron chi connectivity index (χ1n) is 6.63. The van der Waals surface area contributed by atoms with Gasteiger partial charge in [-0.2, -0.15) is 0 Å². The molecule has 1 aromatic carbocycles. The first-order chi connectivity index (χ1) is 8.57. The Labute approximate surface area is 111 Å². The molecule has 0 radical (unpaired) electrons. The first kappa shape index (κ1) is 15.2. The van der Waals surface area contributed by atoms with Crippen LogP contribution in [0.5, 0.6) is 0 Å². The molecule has 2 atom stereocenters. The van der Waals surface area contributed by atoms with Crippen LogP contribution in [0.25, 0.3) is 0 Å². The van der Waals surface area contributed by atoms with Gasteiger partial charge in [-0.05, 0) is 26.3 Å². The molecule has 2 unspecified atom stereocenters. The minimum Gasteiger partial charge on any atom is -0.383 e. The number of benzene rings is 1. The summed E-state index contributed by atoms with van der Waals surface area (Å²) in [5, 5.41) is 0. The minimum absolute atomic E-state index is 0.0328. The fourth-order valence-corrected chi connectivity index (χ4v) is 2.29. The van der Waals surface area contributed by atoms with Gasteiger partial charge in [0, 0.05) is 31.8 Å². The molecule has 3 heteroatoms. The van der Waals surface area contributed by atoms with Crippen LogP contribution in [0.15, 0.2) is 30.3 Å².